The van der Waals surface area contributed by atoms with Gasteiger partial charge in [0.25, 0.3) is 0 Å². The zero-order valence-electron chi connectivity index (χ0n) is 5.89. The van der Waals surface area contributed by atoms with Gasteiger partial charge in [0.2, 0.25) is 0 Å². The third-order valence-corrected chi connectivity index (χ3v) is 1.35. The standard InChI is InChI=1S/C8H4F3N/c9-7-3-1-6(2-4-7)8(10,11)5-12/h1-4H. The van der Waals surface area contributed by atoms with E-state index in [4.69, 9.17) is 5.26 Å². The van der Waals surface area contributed by atoms with Crippen molar-refractivity contribution in [1.82, 2.24) is 0 Å². The van der Waals surface area contributed by atoms with E-state index in [1.165, 1.54) is 0 Å². The van der Waals surface area contributed by atoms with Gasteiger partial charge in [-0.05, 0) is 24.3 Å². The minimum atomic E-state index is -3.53. The lowest BCUT2D eigenvalue weighted by molar-refractivity contribution is 0.0612. The summed E-state index contributed by atoms with van der Waals surface area (Å²) in [5.41, 5.74) is -0.494. The first-order valence-electron chi connectivity index (χ1n) is 3.11. The number of hydrogen-bond acceptors (Lipinski definition) is 1. The normalized spacial score (nSPS) is 10.8. The number of benzene rings is 1. The molecule has 0 aliphatic rings. The molecule has 0 unspecified atom stereocenters. The van der Waals surface area contributed by atoms with Gasteiger partial charge in [-0.15, -0.1) is 0 Å². The second-order valence-electron chi connectivity index (χ2n) is 2.19. The largest absolute Gasteiger partial charge is 0.357 e. The zero-order valence-corrected chi connectivity index (χ0v) is 5.89. The highest BCUT2D eigenvalue weighted by molar-refractivity contribution is 5.25. The molecule has 0 aliphatic heterocycles. The van der Waals surface area contributed by atoms with Gasteiger partial charge >= 0.3 is 5.92 Å². The average molecular weight is 171 g/mol. The molecule has 0 heterocycles. The summed E-state index contributed by atoms with van der Waals surface area (Å²) in [5, 5.41) is 8.02. The molecule has 12 heavy (non-hydrogen) atoms. The van der Waals surface area contributed by atoms with E-state index in [1.54, 1.807) is 0 Å². The van der Waals surface area contributed by atoms with Crippen LogP contribution in [-0.2, 0) is 5.92 Å². The Morgan fingerprint density at radius 1 is 1.17 bits per heavy atom. The van der Waals surface area contributed by atoms with E-state index in [-0.39, 0.29) is 0 Å². The summed E-state index contributed by atoms with van der Waals surface area (Å²) in [6, 6.07) is 4.38. The summed E-state index contributed by atoms with van der Waals surface area (Å²) in [6.07, 6.45) is 0. The Kier molecular flexibility index (Phi) is 2.05. The fourth-order valence-electron chi connectivity index (χ4n) is 0.724. The smallest absolute Gasteiger partial charge is 0.207 e. The number of nitriles is 1. The summed E-state index contributed by atoms with van der Waals surface area (Å²) in [5.74, 6) is -4.14. The summed E-state index contributed by atoms with van der Waals surface area (Å²) >= 11 is 0. The SMILES string of the molecule is N#CC(F)(F)c1ccc(F)cc1. The maximum Gasteiger partial charge on any atom is 0.357 e. The molecule has 62 valence electrons. The van der Waals surface area contributed by atoms with Gasteiger partial charge in [-0.2, -0.15) is 14.0 Å². The van der Waals surface area contributed by atoms with Crippen LogP contribution in [0.15, 0.2) is 24.3 Å². The van der Waals surface area contributed by atoms with Gasteiger partial charge in [-0.25, -0.2) is 4.39 Å². The molecule has 1 aromatic carbocycles. The van der Waals surface area contributed by atoms with Crippen LogP contribution < -0.4 is 0 Å². The fraction of sp³-hybridized carbons (Fsp3) is 0.125. The van der Waals surface area contributed by atoms with Gasteiger partial charge in [0.05, 0.1) is 0 Å². The van der Waals surface area contributed by atoms with Gasteiger partial charge in [0.15, 0.2) is 0 Å². The lowest BCUT2D eigenvalue weighted by atomic mass is 10.1. The van der Waals surface area contributed by atoms with Crippen LogP contribution in [0, 0.1) is 17.1 Å². The van der Waals surface area contributed by atoms with Gasteiger partial charge in [-0.1, -0.05) is 0 Å². The molecule has 0 fully saturated rings. The molecule has 0 N–H and O–H groups in total. The van der Waals surface area contributed by atoms with Gasteiger partial charge < -0.3 is 0 Å². The molecule has 0 aromatic heterocycles. The molecular weight excluding hydrogens is 167 g/mol. The first-order chi connectivity index (χ1) is 5.56. The Balaban J connectivity index is 3.07. The number of alkyl halides is 2. The summed E-state index contributed by atoms with van der Waals surface area (Å²) in [6.45, 7) is 0. The van der Waals surface area contributed by atoms with Crippen LogP contribution in [0.1, 0.15) is 5.56 Å². The second-order valence-corrected chi connectivity index (χ2v) is 2.19. The van der Waals surface area contributed by atoms with Crippen molar-refractivity contribution < 1.29 is 13.2 Å². The number of rotatable bonds is 1. The number of hydrogen-bond donors (Lipinski definition) is 0. The molecule has 1 nitrogen and oxygen atoms in total. The molecule has 0 spiro atoms. The number of nitrogens with zero attached hydrogens (tertiary/aromatic N) is 1. The summed E-state index contributed by atoms with van der Waals surface area (Å²) in [4.78, 5) is 0. The monoisotopic (exact) mass is 171 g/mol. The van der Waals surface area contributed by atoms with Crippen LogP contribution in [-0.4, -0.2) is 0 Å². The molecule has 0 bridgehead atoms. The van der Waals surface area contributed by atoms with E-state index < -0.39 is 17.3 Å². The Labute approximate surface area is 67.1 Å². The highest BCUT2D eigenvalue weighted by Crippen LogP contribution is 2.26. The Morgan fingerprint density at radius 3 is 2.08 bits per heavy atom. The average Bonchev–Trinajstić information content (AvgIpc) is 2.05. The maximum absolute atomic E-state index is 12.5. The predicted octanol–water partition coefficient (Wildman–Crippen LogP) is 2.44. The predicted molar refractivity (Wildman–Crippen MR) is 35.9 cm³/mol. The van der Waals surface area contributed by atoms with Crippen molar-refractivity contribution in [2.75, 3.05) is 0 Å². The molecular formula is C8H4F3N. The Bertz CT molecular complexity index is 310. The maximum atomic E-state index is 12.5. The fourth-order valence-corrected chi connectivity index (χ4v) is 0.724. The molecule has 0 atom stereocenters. The van der Waals surface area contributed by atoms with E-state index in [0.717, 1.165) is 30.3 Å². The highest BCUT2D eigenvalue weighted by atomic mass is 19.3. The van der Waals surface area contributed by atoms with Crippen molar-refractivity contribution in [3.05, 3.63) is 35.6 Å². The molecule has 0 amide bonds. The van der Waals surface area contributed by atoms with E-state index >= 15 is 0 Å². The summed E-state index contributed by atoms with van der Waals surface area (Å²) < 4.78 is 37.3. The minimum Gasteiger partial charge on any atom is -0.207 e. The van der Waals surface area contributed by atoms with E-state index in [2.05, 4.69) is 0 Å². The van der Waals surface area contributed by atoms with Gasteiger partial charge in [0.1, 0.15) is 11.9 Å². The van der Waals surface area contributed by atoms with Crippen molar-refractivity contribution >= 4 is 0 Å². The Morgan fingerprint density at radius 2 is 1.67 bits per heavy atom. The first kappa shape index (κ1) is 8.60. The third kappa shape index (κ3) is 1.56. The zero-order chi connectivity index (χ0) is 9.19. The number of halogens is 3. The van der Waals surface area contributed by atoms with Crippen LogP contribution in [0.25, 0.3) is 0 Å². The van der Waals surface area contributed by atoms with Crippen molar-refractivity contribution in [2.24, 2.45) is 0 Å². The van der Waals surface area contributed by atoms with Crippen LogP contribution in [0.5, 0.6) is 0 Å². The van der Waals surface area contributed by atoms with E-state index in [1.807, 2.05) is 0 Å². The first-order valence-corrected chi connectivity index (χ1v) is 3.11. The topological polar surface area (TPSA) is 23.8 Å². The van der Waals surface area contributed by atoms with E-state index in [0.29, 0.717) is 0 Å². The quantitative estimate of drug-likeness (QED) is 0.636. The lowest BCUT2D eigenvalue weighted by Gasteiger charge is -2.05. The van der Waals surface area contributed by atoms with Gasteiger partial charge in [0, 0.05) is 5.56 Å². The molecule has 4 heteroatoms. The van der Waals surface area contributed by atoms with Crippen molar-refractivity contribution in [1.29, 1.82) is 5.26 Å². The van der Waals surface area contributed by atoms with Gasteiger partial charge in [-0.3, -0.25) is 0 Å². The Hall–Kier alpha value is -1.50. The molecule has 1 aromatic rings. The van der Waals surface area contributed by atoms with E-state index in [9.17, 15) is 13.2 Å². The van der Waals surface area contributed by atoms with Crippen molar-refractivity contribution in [3.63, 3.8) is 0 Å². The van der Waals surface area contributed by atoms with Crippen LogP contribution in [0.3, 0.4) is 0 Å². The van der Waals surface area contributed by atoms with Crippen LogP contribution >= 0.6 is 0 Å². The molecule has 0 saturated carbocycles. The van der Waals surface area contributed by atoms with Crippen LogP contribution in [0.2, 0.25) is 0 Å². The van der Waals surface area contributed by atoms with Crippen molar-refractivity contribution in [2.45, 2.75) is 5.92 Å². The van der Waals surface area contributed by atoms with Crippen LogP contribution in [0.4, 0.5) is 13.2 Å². The third-order valence-electron chi connectivity index (χ3n) is 1.35. The minimum absolute atomic E-state index is 0.494. The molecule has 0 radical (unpaired) electrons. The summed E-state index contributed by atoms with van der Waals surface area (Å²) in [7, 11) is 0. The molecule has 0 aliphatic carbocycles. The molecule has 0 saturated heterocycles. The van der Waals surface area contributed by atoms with Crippen molar-refractivity contribution in [3.8, 4) is 6.07 Å². The lowest BCUT2D eigenvalue weighted by Crippen LogP contribution is -2.09. The second kappa shape index (κ2) is 2.86. The highest BCUT2D eigenvalue weighted by Gasteiger charge is 2.30. The molecule has 1 rings (SSSR count).